The van der Waals surface area contributed by atoms with Gasteiger partial charge in [-0.25, -0.2) is 0 Å². The van der Waals surface area contributed by atoms with Gasteiger partial charge in [-0.2, -0.15) is 9.47 Å². The summed E-state index contributed by atoms with van der Waals surface area (Å²) in [7, 11) is 0. The Balaban J connectivity index is 1.47. The van der Waals surface area contributed by atoms with Gasteiger partial charge in [-0.1, -0.05) is 53.5 Å². The van der Waals surface area contributed by atoms with Gasteiger partial charge in [0.1, 0.15) is 9.36 Å². The van der Waals surface area contributed by atoms with Crippen molar-refractivity contribution >= 4 is 46.3 Å². The van der Waals surface area contributed by atoms with E-state index in [0.717, 1.165) is 17.1 Å². The van der Waals surface area contributed by atoms with Crippen LogP contribution >= 0.6 is 34.7 Å². The highest BCUT2D eigenvalue weighted by Crippen LogP contribution is 2.29. The molecule has 3 rings (SSSR count). The monoisotopic (exact) mass is 396 g/mol. The number of nitrogens with zero attached hydrogens (tertiary/aromatic N) is 3. The lowest BCUT2D eigenvalue weighted by Gasteiger charge is -2.04. The topological polar surface area (TPSA) is 69.0 Å². The van der Waals surface area contributed by atoms with Crippen LogP contribution in [-0.4, -0.2) is 26.7 Å². The molecule has 0 unspecified atom stereocenters. The Morgan fingerprint density at radius 1 is 1.28 bits per heavy atom. The van der Waals surface area contributed by atoms with Crippen molar-refractivity contribution < 1.29 is 9.53 Å². The fourth-order valence-electron chi connectivity index (χ4n) is 2.06. The van der Waals surface area contributed by atoms with Crippen LogP contribution in [0.25, 0.3) is 0 Å². The summed E-state index contributed by atoms with van der Waals surface area (Å²) < 4.78 is 11.5. The van der Waals surface area contributed by atoms with Crippen molar-refractivity contribution in [3.8, 4) is 0 Å². The predicted octanol–water partition coefficient (Wildman–Crippen LogP) is 4.12. The second kappa shape index (κ2) is 8.44. The SMILES string of the molecule is O=C(Nc1cnn(CCOCc2ccccc2)c1)c1nsc(Cl)c1Cl. The molecule has 1 aromatic carbocycles. The molecule has 0 aliphatic carbocycles. The molecule has 3 aromatic rings. The average Bonchev–Trinajstić information content (AvgIpc) is 3.20. The lowest BCUT2D eigenvalue weighted by atomic mass is 10.2. The van der Waals surface area contributed by atoms with Crippen LogP contribution in [0.1, 0.15) is 16.1 Å². The highest BCUT2D eigenvalue weighted by molar-refractivity contribution is 7.11. The number of anilines is 1. The number of carbonyl (C=O) groups is 1. The molecule has 2 heterocycles. The number of hydrogen-bond donors (Lipinski definition) is 1. The van der Waals surface area contributed by atoms with Gasteiger partial charge in [0.15, 0.2) is 5.69 Å². The Labute approximate surface area is 158 Å². The van der Waals surface area contributed by atoms with E-state index in [4.69, 9.17) is 27.9 Å². The molecule has 6 nitrogen and oxygen atoms in total. The number of hydrogen-bond acceptors (Lipinski definition) is 5. The maximum Gasteiger partial charge on any atom is 0.277 e. The Kier molecular flexibility index (Phi) is 6.04. The zero-order chi connectivity index (χ0) is 17.6. The van der Waals surface area contributed by atoms with E-state index in [0.29, 0.717) is 25.4 Å². The first kappa shape index (κ1) is 17.9. The van der Waals surface area contributed by atoms with Crippen molar-refractivity contribution in [2.45, 2.75) is 13.2 Å². The molecule has 1 amide bonds. The van der Waals surface area contributed by atoms with E-state index in [1.807, 2.05) is 30.3 Å². The van der Waals surface area contributed by atoms with E-state index in [2.05, 4.69) is 14.8 Å². The first-order chi connectivity index (χ1) is 12.1. The third-order valence-electron chi connectivity index (χ3n) is 3.28. The summed E-state index contributed by atoms with van der Waals surface area (Å²) in [5.41, 5.74) is 1.78. The van der Waals surface area contributed by atoms with Crippen molar-refractivity contribution in [1.82, 2.24) is 14.2 Å². The average molecular weight is 397 g/mol. The predicted molar refractivity (Wildman–Crippen MR) is 98.4 cm³/mol. The fraction of sp³-hybridized carbons (Fsp3) is 0.188. The zero-order valence-corrected chi connectivity index (χ0v) is 15.3. The van der Waals surface area contributed by atoms with Gasteiger partial charge in [-0.3, -0.25) is 9.48 Å². The summed E-state index contributed by atoms with van der Waals surface area (Å²) in [5.74, 6) is -0.423. The molecule has 2 aromatic heterocycles. The molecule has 0 aliphatic heterocycles. The Bertz CT molecular complexity index is 851. The molecule has 25 heavy (non-hydrogen) atoms. The molecule has 130 valence electrons. The van der Waals surface area contributed by atoms with Crippen molar-refractivity contribution in [2.24, 2.45) is 0 Å². The first-order valence-electron chi connectivity index (χ1n) is 7.39. The summed E-state index contributed by atoms with van der Waals surface area (Å²) >= 11 is 12.7. The number of aromatic nitrogens is 3. The van der Waals surface area contributed by atoms with Crippen LogP contribution in [0, 0.1) is 0 Å². The highest BCUT2D eigenvalue weighted by Gasteiger charge is 2.18. The van der Waals surface area contributed by atoms with Crippen LogP contribution < -0.4 is 5.32 Å². The third-order valence-corrected chi connectivity index (χ3v) is 4.89. The summed E-state index contributed by atoms with van der Waals surface area (Å²) in [4.78, 5) is 12.1. The number of carbonyl (C=O) groups excluding carboxylic acids is 1. The summed E-state index contributed by atoms with van der Waals surface area (Å²) in [5, 5.41) is 7.03. The van der Waals surface area contributed by atoms with Crippen LogP contribution in [0.4, 0.5) is 5.69 Å². The van der Waals surface area contributed by atoms with E-state index < -0.39 is 5.91 Å². The quantitative estimate of drug-likeness (QED) is 0.609. The van der Waals surface area contributed by atoms with Gasteiger partial charge in [0.2, 0.25) is 0 Å². The summed E-state index contributed by atoms with van der Waals surface area (Å²) in [6.45, 7) is 1.64. The normalized spacial score (nSPS) is 10.8. The molecule has 1 N–H and O–H groups in total. The van der Waals surface area contributed by atoms with E-state index in [1.54, 1.807) is 17.1 Å². The van der Waals surface area contributed by atoms with Gasteiger partial charge in [0.25, 0.3) is 5.91 Å². The molecule has 9 heteroatoms. The number of ether oxygens (including phenoxy) is 1. The molecule has 0 saturated heterocycles. The van der Waals surface area contributed by atoms with Crippen molar-refractivity contribution in [3.05, 3.63) is 63.3 Å². The lowest BCUT2D eigenvalue weighted by Crippen LogP contribution is -2.12. The zero-order valence-electron chi connectivity index (χ0n) is 13.0. The molecular weight excluding hydrogens is 383 g/mol. The third kappa shape index (κ3) is 4.79. The second-order valence-electron chi connectivity index (χ2n) is 5.10. The number of nitrogens with one attached hydrogen (secondary N) is 1. The fourth-order valence-corrected chi connectivity index (χ4v) is 3.06. The van der Waals surface area contributed by atoms with Gasteiger partial charge in [0.05, 0.1) is 31.6 Å². The van der Waals surface area contributed by atoms with E-state index in [1.165, 1.54) is 0 Å². The number of halogens is 2. The van der Waals surface area contributed by atoms with Crippen LogP contribution in [0.3, 0.4) is 0 Å². The number of amides is 1. The maximum atomic E-state index is 12.1. The lowest BCUT2D eigenvalue weighted by molar-refractivity contribution is 0.102. The summed E-state index contributed by atoms with van der Waals surface area (Å²) in [6.07, 6.45) is 3.27. The molecule has 0 saturated carbocycles. The largest absolute Gasteiger partial charge is 0.375 e. The summed E-state index contributed by atoms with van der Waals surface area (Å²) in [6, 6.07) is 9.94. The van der Waals surface area contributed by atoms with Gasteiger partial charge < -0.3 is 10.1 Å². The number of rotatable bonds is 7. The molecule has 0 atom stereocenters. The van der Waals surface area contributed by atoms with Crippen molar-refractivity contribution in [2.75, 3.05) is 11.9 Å². The number of benzene rings is 1. The smallest absolute Gasteiger partial charge is 0.277 e. The van der Waals surface area contributed by atoms with Crippen LogP contribution in [-0.2, 0) is 17.9 Å². The van der Waals surface area contributed by atoms with Gasteiger partial charge in [-0.05, 0) is 17.1 Å². The van der Waals surface area contributed by atoms with Crippen LogP contribution in [0.2, 0.25) is 9.36 Å². The highest BCUT2D eigenvalue weighted by atomic mass is 35.5. The van der Waals surface area contributed by atoms with Crippen LogP contribution in [0.15, 0.2) is 42.7 Å². The van der Waals surface area contributed by atoms with Crippen LogP contribution in [0.5, 0.6) is 0 Å². The van der Waals surface area contributed by atoms with E-state index in [-0.39, 0.29) is 15.1 Å². The van der Waals surface area contributed by atoms with E-state index >= 15 is 0 Å². The molecule has 0 radical (unpaired) electrons. The van der Waals surface area contributed by atoms with E-state index in [9.17, 15) is 4.79 Å². The Hall–Kier alpha value is -1.93. The van der Waals surface area contributed by atoms with Crippen molar-refractivity contribution in [3.63, 3.8) is 0 Å². The molecule has 0 aliphatic rings. The molecule has 0 spiro atoms. The minimum absolute atomic E-state index is 0.107. The van der Waals surface area contributed by atoms with Gasteiger partial charge in [-0.15, -0.1) is 0 Å². The van der Waals surface area contributed by atoms with Gasteiger partial charge in [0, 0.05) is 6.20 Å². The standard InChI is InChI=1S/C16H14Cl2N4O2S/c17-13-14(21-25-15(13)18)16(23)20-12-8-19-22(9-12)6-7-24-10-11-4-2-1-3-5-11/h1-5,8-9H,6-7,10H2,(H,20,23). The van der Waals surface area contributed by atoms with Crippen molar-refractivity contribution in [1.29, 1.82) is 0 Å². The second-order valence-corrected chi connectivity index (χ2v) is 6.86. The Morgan fingerprint density at radius 2 is 2.08 bits per heavy atom. The first-order valence-corrected chi connectivity index (χ1v) is 8.92. The van der Waals surface area contributed by atoms with Gasteiger partial charge >= 0.3 is 0 Å². The molecule has 0 fully saturated rings. The minimum atomic E-state index is -0.423. The molecular formula is C16H14Cl2N4O2S. The maximum absolute atomic E-state index is 12.1. The Morgan fingerprint density at radius 3 is 2.80 bits per heavy atom. The minimum Gasteiger partial charge on any atom is -0.375 e. The molecule has 0 bridgehead atoms.